The highest BCUT2D eigenvalue weighted by Crippen LogP contribution is 2.37. The van der Waals surface area contributed by atoms with Crippen LogP contribution in [0.3, 0.4) is 0 Å². The Morgan fingerprint density at radius 2 is 1.40 bits per heavy atom. The molecule has 3 nitrogen and oxygen atoms in total. The summed E-state index contributed by atoms with van der Waals surface area (Å²) in [5, 5.41) is 0. The first-order chi connectivity index (χ1) is 12.4. The minimum absolute atomic E-state index is 0.402. The molecule has 0 atom stereocenters. The van der Waals surface area contributed by atoms with Gasteiger partial charge in [-0.3, -0.25) is 9.80 Å². The number of rotatable bonds is 4. The van der Waals surface area contributed by atoms with Gasteiger partial charge in [0.15, 0.2) is 0 Å². The molecule has 25 heavy (non-hydrogen) atoms. The highest BCUT2D eigenvalue weighted by atomic mass is 16.5. The molecule has 1 aliphatic heterocycles. The quantitative estimate of drug-likeness (QED) is 0.853. The van der Waals surface area contributed by atoms with Gasteiger partial charge in [-0.15, -0.1) is 0 Å². The van der Waals surface area contributed by atoms with Gasteiger partial charge in [0.05, 0.1) is 12.6 Å². The van der Waals surface area contributed by atoms with Crippen molar-refractivity contribution in [3.63, 3.8) is 0 Å². The standard InChI is InChI=1S/C22H28N2O/c1-25-17-16-23-12-14-24(15-13-23)22-20-8-4-2-6-18(20)10-11-19-7-3-5-9-21(19)22/h2-9,22H,10-17H2,1H3. The Morgan fingerprint density at radius 1 is 0.840 bits per heavy atom. The van der Waals surface area contributed by atoms with Crippen LogP contribution in [-0.4, -0.2) is 56.2 Å². The Labute approximate surface area is 151 Å². The van der Waals surface area contributed by atoms with E-state index in [0.29, 0.717) is 6.04 Å². The number of aryl methyl sites for hydroxylation is 2. The van der Waals surface area contributed by atoms with Crippen molar-refractivity contribution >= 4 is 0 Å². The van der Waals surface area contributed by atoms with E-state index in [2.05, 4.69) is 58.3 Å². The Bertz CT molecular complexity index is 659. The van der Waals surface area contributed by atoms with Crippen LogP contribution in [0.15, 0.2) is 48.5 Å². The molecule has 1 heterocycles. The predicted molar refractivity (Wildman–Crippen MR) is 102 cm³/mol. The van der Waals surface area contributed by atoms with Crippen molar-refractivity contribution in [1.29, 1.82) is 0 Å². The molecule has 132 valence electrons. The second kappa shape index (κ2) is 7.69. The monoisotopic (exact) mass is 336 g/mol. The van der Waals surface area contributed by atoms with Gasteiger partial charge in [-0.05, 0) is 35.1 Å². The zero-order valence-electron chi connectivity index (χ0n) is 15.2. The van der Waals surface area contributed by atoms with Gasteiger partial charge in [0.1, 0.15) is 0 Å². The summed E-state index contributed by atoms with van der Waals surface area (Å²) >= 11 is 0. The number of methoxy groups -OCH3 is 1. The van der Waals surface area contributed by atoms with Crippen LogP contribution in [0.1, 0.15) is 28.3 Å². The Morgan fingerprint density at radius 3 is 1.96 bits per heavy atom. The molecule has 0 unspecified atom stereocenters. The van der Waals surface area contributed by atoms with E-state index in [9.17, 15) is 0 Å². The smallest absolute Gasteiger partial charge is 0.0608 e. The van der Waals surface area contributed by atoms with Gasteiger partial charge >= 0.3 is 0 Å². The maximum atomic E-state index is 5.24. The number of hydrogen-bond donors (Lipinski definition) is 0. The SMILES string of the molecule is COCCN1CCN(C2c3ccccc3CCc3ccccc32)CC1. The number of hydrogen-bond acceptors (Lipinski definition) is 3. The van der Waals surface area contributed by atoms with E-state index in [1.807, 2.05) is 0 Å². The molecule has 0 bridgehead atoms. The van der Waals surface area contributed by atoms with Crippen LogP contribution in [0.25, 0.3) is 0 Å². The van der Waals surface area contributed by atoms with Gasteiger partial charge in [0.2, 0.25) is 0 Å². The molecule has 1 fully saturated rings. The molecular weight excluding hydrogens is 308 g/mol. The molecule has 4 rings (SSSR count). The first-order valence-electron chi connectivity index (χ1n) is 9.48. The third-order valence-electron chi connectivity index (χ3n) is 5.75. The van der Waals surface area contributed by atoms with E-state index >= 15 is 0 Å². The molecule has 0 spiro atoms. The average molecular weight is 336 g/mol. The van der Waals surface area contributed by atoms with Crippen molar-refractivity contribution in [2.75, 3.05) is 46.4 Å². The van der Waals surface area contributed by atoms with Crippen LogP contribution >= 0.6 is 0 Å². The molecule has 2 aromatic rings. The lowest BCUT2D eigenvalue weighted by molar-refractivity contribution is 0.0831. The zero-order valence-corrected chi connectivity index (χ0v) is 15.2. The normalized spacial score (nSPS) is 19.2. The maximum absolute atomic E-state index is 5.24. The van der Waals surface area contributed by atoms with Crippen molar-refractivity contribution in [3.05, 3.63) is 70.8 Å². The molecular formula is C22H28N2O. The summed E-state index contributed by atoms with van der Waals surface area (Å²) in [5.74, 6) is 0. The minimum Gasteiger partial charge on any atom is -0.383 e. The Balaban J connectivity index is 1.62. The molecule has 1 aliphatic carbocycles. The van der Waals surface area contributed by atoms with Crippen LogP contribution in [-0.2, 0) is 17.6 Å². The number of benzene rings is 2. The number of nitrogens with zero attached hydrogens (tertiary/aromatic N) is 2. The number of fused-ring (bicyclic) bond motifs is 2. The lowest BCUT2D eigenvalue weighted by Crippen LogP contribution is -2.48. The summed E-state index contributed by atoms with van der Waals surface area (Å²) in [6.07, 6.45) is 2.30. The Hall–Kier alpha value is -1.68. The highest BCUT2D eigenvalue weighted by Gasteiger charge is 2.30. The molecule has 2 aliphatic rings. The van der Waals surface area contributed by atoms with Crippen molar-refractivity contribution in [1.82, 2.24) is 9.80 Å². The van der Waals surface area contributed by atoms with Crippen LogP contribution in [0.2, 0.25) is 0 Å². The molecule has 0 N–H and O–H groups in total. The third-order valence-corrected chi connectivity index (χ3v) is 5.75. The summed E-state index contributed by atoms with van der Waals surface area (Å²) in [6.45, 7) is 6.37. The summed E-state index contributed by atoms with van der Waals surface area (Å²) in [6, 6.07) is 18.5. The molecule has 0 amide bonds. The lowest BCUT2D eigenvalue weighted by Gasteiger charge is -2.40. The van der Waals surface area contributed by atoms with Crippen LogP contribution in [0, 0.1) is 0 Å². The highest BCUT2D eigenvalue weighted by molar-refractivity contribution is 5.44. The van der Waals surface area contributed by atoms with Crippen molar-refractivity contribution in [2.45, 2.75) is 18.9 Å². The minimum atomic E-state index is 0.402. The van der Waals surface area contributed by atoms with Gasteiger partial charge in [0.25, 0.3) is 0 Å². The van der Waals surface area contributed by atoms with E-state index in [0.717, 1.165) is 52.2 Å². The fourth-order valence-corrected chi connectivity index (χ4v) is 4.35. The fourth-order valence-electron chi connectivity index (χ4n) is 4.35. The van der Waals surface area contributed by atoms with Gasteiger partial charge in [0, 0.05) is 39.8 Å². The van der Waals surface area contributed by atoms with E-state index in [1.165, 1.54) is 22.3 Å². The Kier molecular flexibility index (Phi) is 5.16. The number of ether oxygens (including phenoxy) is 1. The molecule has 0 saturated carbocycles. The van der Waals surface area contributed by atoms with Crippen molar-refractivity contribution in [2.24, 2.45) is 0 Å². The molecule has 0 aromatic heterocycles. The lowest BCUT2D eigenvalue weighted by atomic mass is 9.93. The van der Waals surface area contributed by atoms with Gasteiger partial charge < -0.3 is 4.74 Å². The van der Waals surface area contributed by atoms with Crippen molar-refractivity contribution < 1.29 is 4.74 Å². The summed E-state index contributed by atoms with van der Waals surface area (Å²) in [5.41, 5.74) is 6.06. The van der Waals surface area contributed by atoms with E-state index < -0.39 is 0 Å². The molecule has 0 radical (unpaired) electrons. The topological polar surface area (TPSA) is 15.7 Å². The second-order valence-electron chi connectivity index (χ2n) is 7.17. The predicted octanol–water partition coefficient (Wildman–Crippen LogP) is 3.14. The van der Waals surface area contributed by atoms with Crippen molar-refractivity contribution in [3.8, 4) is 0 Å². The number of piperazine rings is 1. The summed E-state index contributed by atoms with van der Waals surface area (Å²) < 4.78 is 5.24. The molecule has 2 aromatic carbocycles. The second-order valence-corrected chi connectivity index (χ2v) is 7.17. The average Bonchev–Trinajstić information content (AvgIpc) is 2.84. The first-order valence-corrected chi connectivity index (χ1v) is 9.48. The maximum Gasteiger partial charge on any atom is 0.0608 e. The van der Waals surface area contributed by atoms with Crippen LogP contribution < -0.4 is 0 Å². The fraction of sp³-hybridized carbons (Fsp3) is 0.455. The summed E-state index contributed by atoms with van der Waals surface area (Å²) in [7, 11) is 1.79. The van der Waals surface area contributed by atoms with Crippen LogP contribution in [0.5, 0.6) is 0 Å². The van der Waals surface area contributed by atoms with Gasteiger partial charge in [-0.1, -0.05) is 48.5 Å². The van der Waals surface area contributed by atoms with E-state index in [1.54, 1.807) is 7.11 Å². The zero-order chi connectivity index (χ0) is 17.1. The summed E-state index contributed by atoms with van der Waals surface area (Å²) in [4.78, 5) is 5.21. The van der Waals surface area contributed by atoms with Gasteiger partial charge in [-0.25, -0.2) is 0 Å². The van der Waals surface area contributed by atoms with E-state index in [-0.39, 0.29) is 0 Å². The third kappa shape index (κ3) is 3.50. The van der Waals surface area contributed by atoms with Gasteiger partial charge in [-0.2, -0.15) is 0 Å². The molecule has 1 saturated heterocycles. The molecule has 3 heteroatoms. The first kappa shape index (κ1) is 16.8. The van der Waals surface area contributed by atoms with E-state index in [4.69, 9.17) is 4.74 Å². The largest absolute Gasteiger partial charge is 0.383 e. The van der Waals surface area contributed by atoms with Crippen LogP contribution in [0.4, 0.5) is 0 Å².